The fourth-order valence-electron chi connectivity index (χ4n) is 2.17. The highest BCUT2D eigenvalue weighted by atomic mass is 35.5. The minimum atomic E-state index is 0.296. The molecule has 0 saturated heterocycles. The molecule has 5 nitrogen and oxygen atoms in total. The summed E-state index contributed by atoms with van der Waals surface area (Å²) in [5, 5.41) is 7.25. The maximum Gasteiger partial charge on any atom is 0.222 e. The Morgan fingerprint density at radius 2 is 2.21 bits per heavy atom. The highest BCUT2D eigenvalue weighted by Crippen LogP contribution is 2.25. The quantitative estimate of drug-likeness (QED) is 0.783. The largest absolute Gasteiger partial charge is 0.368 e. The highest BCUT2D eigenvalue weighted by Gasteiger charge is 2.16. The Labute approximate surface area is 116 Å². The van der Waals surface area contributed by atoms with Crippen LogP contribution in [0.15, 0.2) is 24.3 Å². The van der Waals surface area contributed by atoms with E-state index in [-0.39, 0.29) is 0 Å². The van der Waals surface area contributed by atoms with E-state index in [0.717, 1.165) is 42.3 Å². The predicted molar refractivity (Wildman–Crippen MR) is 76.6 cm³/mol. The second-order valence-corrected chi connectivity index (χ2v) is 4.85. The zero-order valence-corrected chi connectivity index (χ0v) is 11.0. The Balaban J connectivity index is 1.98. The van der Waals surface area contributed by atoms with Gasteiger partial charge in [0.2, 0.25) is 5.95 Å². The molecule has 3 rings (SSSR count). The van der Waals surface area contributed by atoms with Crippen LogP contribution in [0.2, 0.25) is 5.02 Å². The van der Waals surface area contributed by atoms with Gasteiger partial charge in [0.1, 0.15) is 5.82 Å². The van der Waals surface area contributed by atoms with Crippen molar-refractivity contribution in [3.05, 3.63) is 40.5 Å². The third-order valence-electron chi connectivity index (χ3n) is 3.04. The fraction of sp³-hybridized carbons (Fsp3) is 0.231. The smallest absolute Gasteiger partial charge is 0.222 e. The maximum absolute atomic E-state index is 5.98. The number of nitrogen functional groups attached to an aromatic ring is 1. The number of rotatable bonds is 2. The Hall–Kier alpha value is -1.85. The lowest BCUT2D eigenvalue weighted by atomic mass is 10.1. The molecule has 0 atom stereocenters. The van der Waals surface area contributed by atoms with Crippen LogP contribution in [0.25, 0.3) is 0 Å². The van der Waals surface area contributed by atoms with E-state index in [1.165, 1.54) is 0 Å². The van der Waals surface area contributed by atoms with E-state index in [9.17, 15) is 0 Å². The zero-order valence-electron chi connectivity index (χ0n) is 10.3. The van der Waals surface area contributed by atoms with Crippen molar-refractivity contribution in [3.63, 3.8) is 0 Å². The number of halogens is 1. The van der Waals surface area contributed by atoms with Gasteiger partial charge in [-0.1, -0.05) is 17.7 Å². The number of aromatic nitrogens is 2. The molecule has 0 spiro atoms. The fourth-order valence-corrected chi connectivity index (χ4v) is 2.36. The van der Waals surface area contributed by atoms with E-state index in [1.54, 1.807) is 0 Å². The molecule has 1 aliphatic heterocycles. The van der Waals surface area contributed by atoms with Crippen LogP contribution in [0, 0.1) is 0 Å². The average Bonchev–Trinajstić information content (AvgIpc) is 2.38. The summed E-state index contributed by atoms with van der Waals surface area (Å²) >= 11 is 5.98. The van der Waals surface area contributed by atoms with Gasteiger partial charge < -0.3 is 16.4 Å². The lowest BCUT2D eigenvalue weighted by Crippen LogP contribution is -2.26. The molecule has 1 aromatic heterocycles. The summed E-state index contributed by atoms with van der Waals surface area (Å²) < 4.78 is 0. The van der Waals surface area contributed by atoms with Gasteiger partial charge in [-0.15, -0.1) is 0 Å². The number of hydrogen-bond acceptors (Lipinski definition) is 5. The first-order valence-corrected chi connectivity index (χ1v) is 6.49. The summed E-state index contributed by atoms with van der Waals surface area (Å²) in [6.45, 7) is 1.67. The molecule has 0 bridgehead atoms. The van der Waals surface area contributed by atoms with Gasteiger partial charge in [-0.3, -0.25) is 0 Å². The first-order valence-electron chi connectivity index (χ1n) is 6.11. The minimum absolute atomic E-state index is 0.296. The highest BCUT2D eigenvalue weighted by molar-refractivity contribution is 6.30. The van der Waals surface area contributed by atoms with Gasteiger partial charge in [0.05, 0.1) is 5.69 Å². The van der Waals surface area contributed by atoms with Crippen LogP contribution in [0.3, 0.4) is 0 Å². The molecule has 6 heteroatoms. The molecular weight excluding hydrogens is 262 g/mol. The Bertz CT molecular complexity index is 614. The number of benzene rings is 1. The van der Waals surface area contributed by atoms with Crippen molar-refractivity contribution >= 4 is 29.1 Å². The lowest BCUT2D eigenvalue weighted by Gasteiger charge is -2.20. The van der Waals surface area contributed by atoms with Crippen molar-refractivity contribution in [2.75, 3.05) is 17.6 Å². The monoisotopic (exact) mass is 275 g/mol. The standard InChI is InChI=1S/C13H14ClN5/c14-8-2-1-3-9(6-8)17-12-10-7-16-5-4-11(10)18-13(15)19-12/h1-3,6,16H,4-5,7H2,(H3,15,17,18,19). The number of fused-ring (bicyclic) bond motifs is 1. The second kappa shape index (κ2) is 5.03. The van der Waals surface area contributed by atoms with Crippen LogP contribution in [-0.4, -0.2) is 16.5 Å². The molecule has 0 saturated carbocycles. The van der Waals surface area contributed by atoms with Crippen LogP contribution in [0.5, 0.6) is 0 Å². The summed E-state index contributed by atoms with van der Waals surface area (Å²) in [6, 6.07) is 7.51. The van der Waals surface area contributed by atoms with Gasteiger partial charge in [0.25, 0.3) is 0 Å². The summed E-state index contributed by atoms with van der Waals surface area (Å²) in [6.07, 6.45) is 0.867. The van der Waals surface area contributed by atoms with Gasteiger partial charge in [0, 0.05) is 35.8 Å². The number of anilines is 3. The zero-order chi connectivity index (χ0) is 13.2. The van der Waals surface area contributed by atoms with Crippen LogP contribution in [0.4, 0.5) is 17.5 Å². The number of nitrogens with two attached hydrogens (primary N) is 1. The number of hydrogen-bond donors (Lipinski definition) is 3. The van der Waals surface area contributed by atoms with Crippen molar-refractivity contribution in [1.29, 1.82) is 0 Å². The second-order valence-electron chi connectivity index (χ2n) is 4.42. The molecule has 4 N–H and O–H groups in total. The van der Waals surface area contributed by atoms with Crippen molar-refractivity contribution in [1.82, 2.24) is 15.3 Å². The van der Waals surface area contributed by atoms with Crippen molar-refractivity contribution in [2.24, 2.45) is 0 Å². The van der Waals surface area contributed by atoms with Crippen LogP contribution in [-0.2, 0) is 13.0 Å². The van der Waals surface area contributed by atoms with Gasteiger partial charge in [-0.05, 0) is 18.2 Å². The molecule has 2 aromatic rings. The van der Waals surface area contributed by atoms with E-state index < -0.39 is 0 Å². The molecule has 1 aliphatic rings. The van der Waals surface area contributed by atoms with Crippen molar-refractivity contribution < 1.29 is 0 Å². The van der Waals surface area contributed by atoms with E-state index >= 15 is 0 Å². The summed E-state index contributed by atoms with van der Waals surface area (Å²) in [7, 11) is 0. The molecule has 19 heavy (non-hydrogen) atoms. The van der Waals surface area contributed by atoms with E-state index in [2.05, 4.69) is 20.6 Å². The lowest BCUT2D eigenvalue weighted by molar-refractivity contribution is 0.629. The summed E-state index contributed by atoms with van der Waals surface area (Å²) in [4.78, 5) is 8.58. The molecule has 1 aromatic carbocycles. The van der Waals surface area contributed by atoms with Crippen molar-refractivity contribution in [3.8, 4) is 0 Å². The predicted octanol–water partition coefficient (Wildman–Crippen LogP) is 2.10. The molecule has 0 amide bonds. The van der Waals surface area contributed by atoms with E-state index in [4.69, 9.17) is 17.3 Å². The first kappa shape index (κ1) is 12.2. The Morgan fingerprint density at radius 1 is 1.32 bits per heavy atom. The third-order valence-corrected chi connectivity index (χ3v) is 3.27. The van der Waals surface area contributed by atoms with Crippen molar-refractivity contribution in [2.45, 2.75) is 13.0 Å². The molecule has 0 radical (unpaired) electrons. The molecule has 0 aliphatic carbocycles. The normalized spacial score (nSPS) is 13.9. The Kier molecular flexibility index (Phi) is 3.23. The SMILES string of the molecule is Nc1nc2c(c(Nc3cccc(Cl)c3)n1)CNCC2. The van der Waals surface area contributed by atoms with E-state index in [1.807, 2.05) is 24.3 Å². The van der Waals surface area contributed by atoms with E-state index in [0.29, 0.717) is 11.0 Å². The maximum atomic E-state index is 5.98. The van der Waals surface area contributed by atoms with Gasteiger partial charge >= 0.3 is 0 Å². The van der Waals surface area contributed by atoms with Crippen LogP contribution >= 0.6 is 11.6 Å². The topological polar surface area (TPSA) is 75.9 Å². The van der Waals surface area contributed by atoms with Gasteiger partial charge in [-0.2, -0.15) is 4.98 Å². The average molecular weight is 276 g/mol. The summed E-state index contributed by atoms with van der Waals surface area (Å²) in [5.41, 5.74) is 8.72. The number of nitrogens with zero attached hydrogens (tertiary/aromatic N) is 2. The molecule has 0 fully saturated rings. The van der Waals surface area contributed by atoms with Crippen LogP contribution < -0.4 is 16.4 Å². The summed E-state index contributed by atoms with van der Waals surface area (Å²) in [5.74, 6) is 1.04. The van der Waals surface area contributed by atoms with Gasteiger partial charge in [0.15, 0.2) is 0 Å². The molecule has 98 valence electrons. The Morgan fingerprint density at radius 3 is 3.05 bits per heavy atom. The minimum Gasteiger partial charge on any atom is -0.368 e. The number of nitrogens with one attached hydrogen (secondary N) is 2. The molecule has 2 heterocycles. The molecular formula is C13H14ClN5. The third kappa shape index (κ3) is 2.62. The first-order chi connectivity index (χ1) is 9.22. The van der Waals surface area contributed by atoms with Crippen LogP contribution in [0.1, 0.15) is 11.3 Å². The van der Waals surface area contributed by atoms with Gasteiger partial charge in [-0.25, -0.2) is 4.98 Å². The molecule has 0 unspecified atom stereocenters.